The standard InChI is InChI=1S/C19H18F2N2O2/c1-2-11-5-3-4-6-16(11)22-18(24)13-10-14(13)19(25)23-17-8-7-12(20)9-15(17)21/h3-9,13-14H,2,10H2,1H3,(H,22,24)(H,23,25). The second kappa shape index (κ2) is 7.01. The summed E-state index contributed by atoms with van der Waals surface area (Å²) in [5.74, 6) is -3.15. The van der Waals surface area contributed by atoms with Gasteiger partial charge in [-0.2, -0.15) is 0 Å². The number of halogens is 2. The van der Waals surface area contributed by atoms with E-state index < -0.39 is 29.4 Å². The molecule has 2 atom stereocenters. The van der Waals surface area contributed by atoms with Gasteiger partial charge >= 0.3 is 0 Å². The molecule has 1 aliphatic rings. The average molecular weight is 344 g/mol. The normalized spacial score (nSPS) is 18.5. The minimum atomic E-state index is -0.841. The third-order valence-corrected chi connectivity index (χ3v) is 4.31. The molecule has 0 saturated heterocycles. The molecular formula is C19H18F2N2O2. The lowest BCUT2D eigenvalue weighted by Crippen LogP contribution is -2.21. The minimum Gasteiger partial charge on any atom is -0.326 e. The number of para-hydroxylation sites is 1. The highest BCUT2D eigenvalue weighted by atomic mass is 19.1. The van der Waals surface area contributed by atoms with Crippen LogP contribution in [0.3, 0.4) is 0 Å². The van der Waals surface area contributed by atoms with Crippen molar-refractivity contribution in [3.05, 3.63) is 59.7 Å². The summed E-state index contributed by atoms with van der Waals surface area (Å²) in [7, 11) is 0. The molecule has 0 radical (unpaired) electrons. The maximum atomic E-state index is 13.6. The summed E-state index contributed by atoms with van der Waals surface area (Å²) in [5.41, 5.74) is 1.67. The van der Waals surface area contributed by atoms with Crippen molar-refractivity contribution < 1.29 is 18.4 Å². The molecule has 25 heavy (non-hydrogen) atoms. The number of aryl methyl sites for hydroxylation is 1. The Morgan fingerprint density at radius 3 is 2.28 bits per heavy atom. The van der Waals surface area contributed by atoms with Gasteiger partial charge in [-0.05, 0) is 36.6 Å². The predicted molar refractivity (Wildman–Crippen MR) is 91.0 cm³/mol. The molecule has 2 aromatic carbocycles. The van der Waals surface area contributed by atoms with Gasteiger partial charge in [-0.15, -0.1) is 0 Å². The molecule has 2 aromatic rings. The SMILES string of the molecule is CCc1ccccc1NC(=O)C1CC1C(=O)Nc1ccc(F)cc1F. The zero-order chi connectivity index (χ0) is 18.0. The molecule has 2 amide bonds. The van der Waals surface area contributed by atoms with Gasteiger partial charge in [0.15, 0.2) is 0 Å². The molecule has 0 aliphatic heterocycles. The van der Waals surface area contributed by atoms with Crippen LogP contribution in [-0.2, 0) is 16.0 Å². The summed E-state index contributed by atoms with van der Waals surface area (Å²) >= 11 is 0. The first-order chi connectivity index (χ1) is 12.0. The topological polar surface area (TPSA) is 58.2 Å². The van der Waals surface area contributed by atoms with Crippen molar-refractivity contribution in [2.24, 2.45) is 11.8 Å². The van der Waals surface area contributed by atoms with E-state index in [2.05, 4.69) is 10.6 Å². The van der Waals surface area contributed by atoms with Crippen LogP contribution in [0.15, 0.2) is 42.5 Å². The third-order valence-electron chi connectivity index (χ3n) is 4.31. The largest absolute Gasteiger partial charge is 0.326 e. The van der Waals surface area contributed by atoms with Gasteiger partial charge in [0, 0.05) is 11.8 Å². The Morgan fingerprint density at radius 1 is 1.00 bits per heavy atom. The minimum absolute atomic E-state index is 0.0891. The van der Waals surface area contributed by atoms with Crippen LogP contribution in [0.5, 0.6) is 0 Å². The quantitative estimate of drug-likeness (QED) is 0.868. The molecule has 1 saturated carbocycles. The summed E-state index contributed by atoms with van der Waals surface area (Å²) in [6.07, 6.45) is 1.20. The summed E-state index contributed by atoms with van der Waals surface area (Å²) in [6.45, 7) is 2.00. The number of nitrogens with one attached hydrogen (secondary N) is 2. The number of benzene rings is 2. The Labute approximate surface area is 144 Å². The maximum absolute atomic E-state index is 13.6. The van der Waals surface area contributed by atoms with E-state index in [-0.39, 0.29) is 11.6 Å². The number of anilines is 2. The van der Waals surface area contributed by atoms with E-state index >= 15 is 0 Å². The van der Waals surface area contributed by atoms with Crippen molar-refractivity contribution in [2.75, 3.05) is 10.6 Å². The number of rotatable bonds is 5. The lowest BCUT2D eigenvalue weighted by Gasteiger charge is -2.10. The number of hydrogen-bond donors (Lipinski definition) is 2. The Morgan fingerprint density at radius 2 is 1.64 bits per heavy atom. The zero-order valence-electron chi connectivity index (χ0n) is 13.7. The van der Waals surface area contributed by atoms with Gasteiger partial charge < -0.3 is 10.6 Å². The van der Waals surface area contributed by atoms with Crippen LogP contribution in [0.2, 0.25) is 0 Å². The molecule has 1 fully saturated rings. The highest BCUT2D eigenvalue weighted by Gasteiger charge is 2.48. The number of carbonyl (C=O) groups excluding carboxylic acids is 2. The van der Waals surface area contributed by atoms with Crippen LogP contribution in [0, 0.1) is 23.5 Å². The number of amides is 2. The first kappa shape index (κ1) is 17.1. The van der Waals surface area contributed by atoms with Gasteiger partial charge in [0.05, 0.1) is 17.5 Å². The molecule has 1 aliphatic carbocycles. The molecule has 0 spiro atoms. The molecule has 2 unspecified atom stereocenters. The summed E-state index contributed by atoms with van der Waals surface area (Å²) in [5, 5.41) is 5.26. The molecule has 2 N–H and O–H groups in total. The second-order valence-electron chi connectivity index (χ2n) is 6.06. The maximum Gasteiger partial charge on any atom is 0.228 e. The number of hydrogen-bond acceptors (Lipinski definition) is 2. The van der Waals surface area contributed by atoms with Gasteiger partial charge in [0.2, 0.25) is 11.8 Å². The average Bonchev–Trinajstić information content (AvgIpc) is 3.39. The summed E-state index contributed by atoms with van der Waals surface area (Å²) in [4.78, 5) is 24.5. The molecule has 130 valence electrons. The van der Waals surface area contributed by atoms with Crippen LogP contribution < -0.4 is 10.6 Å². The molecule has 4 nitrogen and oxygen atoms in total. The molecule has 0 bridgehead atoms. The van der Waals surface area contributed by atoms with E-state index in [0.717, 1.165) is 29.8 Å². The third kappa shape index (κ3) is 3.84. The van der Waals surface area contributed by atoms with Crippen molar-refractivity contribution in [1.29, 1.82) is 0 Å². The van der Waals surface area contributed by atoms with Crippen LogP contribution in [0.1, 0.15) is 18.9 Å². The van der Waals surface area contributed by atoms with Crippen molar-refractivity contribution in [1.82, 2.24) is 0 Å². The van der Waals surface area contributed by atoms with Crippen molar-refractivity contribution in [2.45, 2.75) is 19.8 Å². The van der Waals surface area contributed by atoms with Crippen molar-refractivity contribution in [3.63, 3.8) is 0 Å². The van der Waals surface area contributed by atoms with E-state index in [9.17, 15) is 18.4 Å². The van der Waals surface area contributed by atoms with Crippen LogP contribution >= 0.6 is 0 Å². The van der Waals surface area contributed by atoms with E-state index in [1.54, 1.807) is 0 Å². The second-order valence-corrected chi connectivity index (χ2v) is 6.06. The Hall–Kier alpha value is -2.76. The highest BCUT2D eigenvalue weighted by molar-refractivity contribution is 6.03. The lowest BCUT2D eigenvalue weighted by molar-refractivity contribution is -0.122. The van der Waals surface area contributed by atoms with E-state index in [1.807, 2.05) is 31.2 Å². The van der Waals surface area contributed by atoms with E-state index in [1.165, 1.54) is 0 Å². The molecule has 0 aromatic heterocycles. The zero-order valence-corrected chi connectivity index (χ0v) is 13.7. The fraction of sp³-hybridized carbons (Fsp3) is 0.263. The molecule has 6 heteroatoms. The Kier molecular flexibility index (Phi) is 4.79. The van der Waals surface area contributed by atoms with Gasteiger partial charge in [0.1, 0.15) is 11.6 Å². The van der Waals surface area contributed by atoms with Crippen molar-refractivity contribution >= 4 is 23.2 Å². The Balaban J connectivity index is 1.60. The van der Waals surface area contributed by atoms with Crippen molar-refractivity contribution in [3.8, 4) is 0 Å². The fourth-order valence-electron chi connectivity index (χ4n) is 2.77. The summed E-state index contributed by atoms with van der Waals surface area (Å²) in [6, 6.07) is 10.4. The Bertz CT molecular complexity index is 823. The first-order valence-electron chi connectivity index (χ1n) is 8.14. The predicted octanol–water partition coefficient (Wildman–Crippen LogP) is 3.74. The monoisotopic (exact) mass is 344 g/mol. The fourth-order valence-corrected chi connectivity index (χ4v) is 2.77. The molecular weight excluding hydrogens is 326 g/mol. The number of carbonyl (C=O) groups is 2. The van der Waals surface area contributed by atoms with Gasteiger partial charge in [-0.25, -0.2) is 8.78 Å². The summed E-state index contributed by atoms with van der Waals surface area (Å²) < 4.78 is 26.5. The first-order valence-corrected chi connectivity index (χ1v) is 8.14. The smallest absolute Gasteiger partial charge is 0.228 e. The molecule has 3 rings (SSSR count). The highest BCUT2D eigenvalue weighted by Crippen LogP contribution is 2.40. The van der Waals surface area contributed by atoms with Gasteiger partial charge in [0.25, 0.3) is 0 Å². The van der Waals surface area contributed by atoms with Crippen LogP contribution in [0.4, 0.5) is 20.2 Å². The van der Waals surface area contributed by atoms with Crippen LogP contribution in [0.25, 0.3) is 0 Å². The molecule has 0 heterocycles. The van der Waals surface area contributed by atoms with Gasteiger partial charge in [-0.3, -0.25) is 9.59 Å². The van der Waals surface area contributed by atoms with E-state index in [4.69, 9.17) is 0 Å². The van der Waals surface area contributed by atoms with Gasteiger partial charge in [-0.1, -0.05) is 25.1 Å². The van der Waals surface area contributed by atoms with Crippen LogP contribution in [-0.4, -0.2) is 11.8 Å². The van der Waals surface area contributed by atoms with E-state index in [0.29, 0.717) is 12.5 Å². The lowest BCUT2D eigenvalue weighted by atomic mass is 10.1.